The summed E-state index contributed by atoms with van der Waals surface area (Å²) in [5.41, 5.74) is 0.998. The minimum Gasteiger partial charge on any atom is -0.392 e. The van der Waals surface area contributed by atoms with Crippen molar-refractivity contribution in [3.63, 3.8) is 0 Å². The molecule has 1 rings (SSSR count). The standard InChI is InChI=1S/C13H17ClO4S/c1-8(16)19-5-4-12(17)13(18)10-6-9(7-15)2-3-11(10)14/h2-3,6,12-13,15,17-18H,4-5,7H2,1H3. The second kappa shape index (κ2) is 7.87. The SMILES string of the molecule is CC(=O)SCCC(O)C(O)c1cc(CO)ccc1Cl. The van der Waals surface area contributed by atoms with Gasteiger partial charge in [-0.1, -0.05) is 29.4 Å². The highest BCUT2D eigenvalue weighted by Gasteiger charge is 2.21. The highest BCUT2D eigenvalue weighted by Crippen LogP contribution is 2.28. The van der Waals surface area contributed by atoms with E-state index in [1.807, 2.05) is 0 Å². The summed E-state index contributed by atoms with van der Waals surface area (Å²) >= 11 is 7.07. The topological polar surface area (TPSA) is 77.8 Å². The van der Waals surface area contributed by atoms with Crippen molar-refractivity contribution >= 4 is 28.5 Å². The molecule has 19 heavy (non-hydrogen) atoms. The van der Waals surface area contributed by atoms with Crippen LogP contribution in [-0.2, 0) is 11.4 Å². The molecule has 0 aliphatic heterocycles. The lowest BCUT2D eigenvalue weighted by molar-refractivity contribution is -0.109. The van der Waals surface area contributed by atoms with Crippen molar-refractivity contribution in [2.75, 3.05) is 5.75 Å². The van der Waals surface area contributed by atoms with Crippen LogP contribution in [0.5, 0.6) is 0 Å². The second-order valence-corrected chi connectivity index (χ2v) is 5.83. The third-order valence-electron chi connectivity index (χ3n) is 2.65. The molecule has 6 heteroatoms. The Morgan fingerprint density at radius 3 is 2.68 bits per heavy atom. The Morgan fingerprint density at radius 2 is 2.11 bits per heavy atom. The Kier molecular flexibility index (Phi) is 6.82. The summed E-state index contributed by atoms with van der Waals surface area (Å²) in [4.78, 5) is 10.8. The van der Waals surface area contributed by atoms with Crippen LogP contribution in [-0.4, -0.2) is 32.3 Å². The van der Waals surface area contributed by atoms with Crippen molar-refractivity contribution in [2.45, 2.75) is 32.2 Å². The molecule has 3 N–H and O–H groups in total. The van der Waals surface area contributed by atoms with Crippen molar-refractivity contribution in [3.8, 4) is 0 Å². The van der Waals surface area contributed by atoms with Gasteiger partial charge in [0.25, 0.3) is 0 Å². The zero-order valence-corrected chi connectivity index (χ0v) is 12.1. The van der Waals surface area contributed by atoms with Gasteiger partial charge >= 0.3 is 0 Å². The predicted octanol–water partition coefficient (Wildman–Crippen LogP) is 1.90. The van der Waals surface area contributed by atoms with Crippen molar-refractivity contribution in [3.05, 3.63) is 34.3 Å². The molecule has 2 unspecified atom stereocenters. The molecule has 1 aromatic rings. The van der Waals surface area contributed by atoms with Crippen LogP contribution in [0.25, 0.3) is 0 Å². The lowest BCUT2D eigenvalue weighted by atomic mass is 10.0. The minimum absolute atomic E-state index is 0.0259. The second-order valence-electron chi connectivity index (χ2n) is 4.15. The molecule has 106 valence electrons. The van der Waals surface area contributed by atoms with E-state index >= 15 is 0 Å². The Balaban J connectivity index is 2.70. The van der Waals surface area contributed by atoms with Crippen molar-refractivity contribution in [1.29, 1.82) is 0 Å². The van der Waals surface area contributed by atoms with E-state index in [2.05, 4.69) is 0 Å². The van der Waals surface area contributed by atoms with Crippen molar-refractivity contribution in [1.82, 2.24) is 0 Å². The van der Waals surface area contributed by atoms with E-state index < -0.39 is 12.2 Å². The van der Waals surface area contributed by atoms with Gasteiger partial charge < -0.3 is 15.3 Å². The summed E-state index contributed by atoms with van der Waals surface area (Å²) in [5, 5.41) is 29.3. The number of hydrogen-bond donors (Lipinski definition) is 3. The van der Waals surface area contributed by atoms with E-state index in [0.29, 0.717) is 21.9 Å². The van der Waals surface area contributed by atoms with E-state index in [0.717, 1.165) is 11.8 Å². The zero-order chi connectivity index (χ0) is 14.4. The number of benzene rings is 1. The van der Waals surface area contributed by atoms with E-state index in [1.165, 1.54) is 6.92 Å². The van der Waals surface area contributed by atoms with E-state index in [9.17, 15) is 15.0 Å². The molecule has 0 aliphatic carbocycles. The molecule has 0 fully saturated rings. The summed E-state index contributed by atoms with van der Waals surface area (Å²) in [7, 11) is 0. The highest BCUT2D eigenvalue weighted by molar-refractivity contribution is 8.13. The smallest absolute Gasteiger partial charge is 0.185 e. The first-order valence-corrected chi connectivity index (χ1v) is 7.20. The molecule has 2 atom stereocenters. The Morgan fingerprint density at radius 1 is 1.42 bits per heavy atom. The monoisotopic (exact) mass is 304 g/mol. The molecule has 1 aromatic carbocycles. The van der Waals surface area contributed by atoms with Gasteiger partial charge in [0.15, 0.2) is 5.12 Å². The first-order valence-electron chi connectivity index (χ1n) is 5.84. The lowest BCUT2D eigenvalue weighted by Crippen LogP contribution is -2.19. The first kappa shape index (κ1) is 16.5. The molecule has 0 spiro atoms. The maximum Gasteiger partial charge on any atom is 0.185 e. The summed E-state index contributed by atoms with van der Waals surface area (Å²) in [6.45, 7) is 1.29. The third kappa shape index (κ3) is 5.12. The van der Waals surface area contributed by atoms with Gasteiger partial charge in [0.1, 0.15) is 6.10 Å². The van der Waals surface area contributed by atoms with Crippen LogP contribution >= 0.6 is 23.4 Å². The molecule has 0 amide bonds. The fraction of sp³-hybridized carbons (Fsp3) is 0.462. The molecule has 0 aliphatic rings. The maximum absolute atomic E-state index is 10.8. The van der Waals surface area contributed by atoms with Gasteiger partial charge in [-0.25, -0.2) is 0 Å². The zero-order valence-electron chi connectivity index (χ0n) is 10.5. The molecule has 0 saturated heterocycles. The van der Waals surface area contributed by atoms with E-state index in [-0.39, 0.29) is 18.1 Å². The van der Waals surface area contributed by atoms with Gasteiger partial charge in [0.05, 0.1) is 12.7 Å². The molecule has 0 radical (unpaired) electrons. The maximum atomic E-state index is 10.8. The average molecular weight is 305 g/mol. The van der Waals surface area contributed by atoms with Gasteiger partial charge in [-0.3, -0.25) is 4.79 Å². The number of halogens is 1. The quantitative estimate of drug-likeness (QED) is 0.748. The Hall–Kier alpha value is -0.590. The number of carbonyl (C=O) groups is 1. The lowest BCUT2D eigenvalue weighted by Gasteiger charge is -2.19. The van der Waals surface area contributed by atoms with Crippen LogP contribution in [0.2, 0.25) is 5.02 Å². The van der Waals surface area contributed by atoms with Crippen LogP contribution in [0.4, 0.5) is 0 Å². The average Bonchev–Trinajstić information content (AvgIpc) is 2.38. The Labute approximate surface area is 121 Å². The van der Waals surface area contributed by atoms with Gasteiger partial charge in [-0.2, -0.15) is 0 Å². The van der Waals surface area contributed by atoms with E-state index in [1.54, 1.807) is 18.2 Å². The number of carbonyl (C=O) groups excluding carboxylic acids is 1. The normalized spacial score (nSPS) is 14.2. The van der Waals surface area contributed by atoms with Crippen LogP contribution in [0.1, 0.15) is 30.6 Å². The van der Waals surface area contributed by atoms with Gasteiger partial charge in [-0.05, 0) is 24.1 Å². The summed E-state index contributed by atoms with van der Waals surface area (Å²) in [6.07, 6.45) is -1.85. The summed E-state index contributed by atoms with van der Waals surface area (Å²) in [6, 6.07) is 4.79. The molecule has 0 aromatic heterocycles. The largest absolute Gasteiger partial charge is 0.392 e. The van der Waals surface area contributed by atoms with Gasteiger partial charge in [0.2, 0.25) is 0 Å². The summed E-state index contributed by atoms with van der Waals surface area (Å²) < 4.78 is 0. The van der Waals surface area contributed by atoms with Gasteiger partial charge in [-0.15, -0.1) is 0 Å². The van der Waals surface area contributed by atoms with Crippen LogP contribution in [0.3, 0.4) is 0 Å². The summed E-state index contributed by atoms with van der Waals surface area (Å²) in [5.74, 6) is 0.435. The highest BCUT2D eigenvalue weighted by atomic mass is 35.5. The number of aliphatic hydroxyl groups is 3. The van der Waals surface area contributed by atoms with E-state index in [4.69, 9.17) is 16.7 Å². The van der Waals surface area contributed by atoms with Crippen LogP contribution in [0.15, 0.2) is 18.2 Å². The fourth-order valence-electron chi connectivity index (χ4n) is 1.61. The number of rotatable bonds is 6. The molecular weight excluding hydrogens is 288 g/mol. The van der Waals surface area contributed by atoms with Crippen molar-refractivity contribution in [2.24, 2.45) is 0 Å². The first-order chi connectivity index (χ1) is 8.95. The Bertz CT molecular complexity index is 439. The molecular formula is C13H17ClO4S. The molecule has 0 saturated carbocycles. The number of thioether (sulfide) groups is 1. The van der Waals surface area contributed by atoms with Crippen LogP contribution in [0, 0.1) is 0 Å². The molecule has 0 heterocycles. The van der Waals surface area contributed by atoms with Crippen molar-refractivity contribution < 1.29 is 20.1 Å². The molecule has 4 nitrogen and oxygen atoms in total. The third-order valence-corrected chi connectivity index (χ3v) is 3.84. The van der Waals surface area contributed by atoms with Crippen LogP contribution < -0.4 is 0 Å². The number of aliphatic hydroxyl groups excluding tert-OH is 3. The van der Waals surface area contributed by atoms with Gasteiger partial charge in [0, 0.05) is 23.3 Å². The minimum atomic E-state index is -1.13. The predicted molar refractivity (Wildman–Crippen MR) is 76.1 cm³/mol. The number of hydrogen-bond acceptors (Lipinski definition) is 5. The fourth-order valence-corrected chi connectivity index (χ4v) is 2.48. The molecule has 0 bridgehead atoms.